The van der Waals surface area contributed by atoms with Gasteiger partial charge in [0.2, 0.25) is 0 Å². The molecule has 0 spiro atoms. The van der Waals surface area contributed by atoms with E-state index in [1.807, 2.05) is 30.3 Å². The van der Waals surface area contributed by atoms with Crippen LogP contribution in [0.4, 0.5) is 5.69 Å². The summed E-state index contributed by atoms with van der Waals surface area (Å²) in [6.45, 7) is 4.20. The molecule has 1 N–H and O–H groups in total. The lowest BCUT2D eigenvalue weighted by Gasteiger charge is -2.12. The van der Waals surface area contributed by atoms with E-state index in [0.29, 0.717) is 23.1 Å². The van der Waals surface area contributed by atoms with Gasteiger partial charge < -0.3 is 14.8 Å². The number of hydrogen-bond acceptors (Lipinski definition) is 3. The van der Waals surface area contributed by atoms with E-state index in [4.69, 9.17) is 9.47 Å². The van der Waals surface area contributed by atoms with E-state index < -0.39 is 0 Å². The van der Waals surface area contributed by atoms with Crippen LogP contribution in [-0.2, 0) is 4.79 Å². The molecular weight excluding hydrogens is 358 g/mol. The maximum Gasteiger partial charge on any atom is 0.262 e. The first-order chi connectivity index (χ1) is 11.0. The molecule has 2 aromatic rings. The van der Waals surface area contributed by atoms with E-state index in [1.54, 1.807) is 19.2 Å². The second-order valence-electron chi connectivity index (χ2n) is 5.41. The molecule has 0 saturated carbocycles. The topological polar surface area (TPSA) is 47.6 Å². The maximum atomic E-state index is 12.0. The zero-order chi connectivity index (χ0) is 16.8. The Morgan fingerprint density at radius 3 is 2.65 bits per heavy atom. The van der Waals surface area contributed by atoms with Crippen LogP contribution in [0.15, 0.2) is 46.9 Å². The highest BCUT2D eigenvalue weighted by atomic mass is 79.9. The minimum Gasteiger partial charge on any atom is -0.497 e. The van der Waals surface area contributed by atoms with Crippen LogP contribution in [-0.4, -0.2) is 19.6 Å². The van der Waals surface area contributed by atoms with Crippen molar-refractivity contribution in [1.82, 2.24) is 0 Å². The van der Waals surface area contributed by atoms with Gasteiger partial charge in [-0.1, -0.05) is 26.0 Å². The highest BCUT2D eigenvalue weighted by molar-refractivity contribution is 9.10. The summed E-state index contributed by atoms with van der Waals surface area (Å²) >= 11 is 3.48. The third-order valence-corrected chi connectivity index (χ3v) is 3.95. The standard InChI is InChI=1S/C18H20BrNO3/c1-12(2)13-7-8-17(16(19)9-13)23-11-18(21)20-14-5-4-6-15(10-14)22-3/h4-10,12H,11H2,1-3H3,(H,20,21). The molecule has 0 heterocycles. The van der Waals surface area contributed by atoms with E-state index in [-0.39, 0.29) is 12.5 Å². The number of methoxy groups -OCH3 is 1. The van der Waals surface area contributed by atoms with Crippen molar-refractivity contribution in [3.8, 4) is 11.5 Å². The monoisotopic (exact) mass is 377 g/mol. The zero-order valence-electron chi connectivity index (χ0n) is 13.4. The Balaban J connectivity index is 1.94. The van der Waals surface area contributed by atoms with Crippen LogP contribution in [0.2, 0.25) is 0 Å². The van der Waals surface area contributed by atoms with Crippen LogP contribution in [0.1, 0.15) is 25.3 Å². The summed E-state index contributed by atoms with van der Waals surface area (Å²) in [5, 5.41) is 2.78. The van der Waals surface area contributed by atoms with Crippen molar-refractivity contribution in [3.63, 3.8) is 0 Å². The van der Waals surface area contributed by atoms with Crippen molar-refractivity contribution in [3.05, 3.63) is 52.5 Å². The Bertz CT molecular complexity index is 686. The summed E-state index contributed by atoms with van der Waals surface area (Å²) in [5.41, 5.74) is 1.89. The Labute approximate surface area is 144 Å². The number of hydrogen-bond donors (Lipinski definition) is 1. The van der Waals surface area contributed by atoms with Crippen molar-refractivity contribution in [2.75, 3.05) is 19.0 Å². The molecule has 0 aliphatic carbocycles. The second kappa shape index (κ2) is 8.02. The summed E-state index contributed by atoms with van der Waals surface area (Å²) in [7, 11) is 1.59. The number of ether oxygens (including phenoxy) is 2. The van der Waals surface area contributed by atoms with Gasteiger partial charge in [0.05, 0.1) is 11.6 Å². The first-order valence-electron chi connectivity index (χ1n) is 7.35. The van der Waals surface area contributed by atoms with E-state index in [0.717, 1.165) is 4.47 Å². The fourth-order valence-corrected chi connectivity index (χ4v) is 2.55. The van der Waals surface area contributed by atoms with Crippen molar-refractivity contribution in [1.29, 1.82) is 0 Å². The second-order valence-corrected chi connectivity index (χ2v) is 6.27. The summed E-state index contributed by atoms with van der Waals surface area (Å²) in [5.74, 6) is 1.56. The Kier molecular flexibility index (Phi) is 6.04. The van der Waals surface area contributed by atoms with Gasteiger partial charge >= 0.3 is 0 Å². The minimum absolute atomic E-state index is 0.0587. The van der Waals surface area contributed by atoms with E-state index in [9.17, 15) is 4.79 Å². The van der Waals surface area contributed by atoms with Crippen molar-refractivity contribution in [2.24, 2.45) is 0 Å². The summed E-state index contributed by atoms with van der Waals surface area (Å²) in [6, 6.07) is 13.1. The lowest BCUT2D eigenvalue weighted by Crippen LogP contribution is -2.20. The van der Waals surface area contributed by atoms with Crippen molar-refractivity contribution < 1.29 is 14.3 Å². The molecule has 0 atom stereocenters. The highest BCUT2D eigenvalue weighted by Gasteiger charge is 2.08. The molecule has 0 radical (unpaired) electrons. The first kappa shape index (κ1) is 17.3. The number of carbonyl (C=O) groups excluding carboxylic acids is 1. The van der Waals surface area contributed by atoms with E-state index >= 15 is 0 Å². The van der Waals surface area contributed by atoms with Gasteiger partial charge in [-0.15, -0.1) is 0 Å². The van der Waals surface area contributed by atoms with Crippen molar-refractivity contribution in [2.45, 2.75) is 19.8 Å². The number of benzene rings is 2. The smallest absolute Gasteiger partial charge is 0.262 e. The van der Waals surface area contributed by atoms with Gasteiger partial charge in [0.25, 0.3) is 5.91 Å². The van der Waals surface area contributed by atoms with Gasteiger partial charge in [-0.25, -0.2) is 0 Å². The van der Waals surface area contributed by atoms with Gasteiger partial charge in [0.15, 0.2) is 6.61 Å². The number of halogens is 1. The molecular formula is C18H20BrNO3. The van der Waals surface area contributed by atoms with Gasteiger partial charge in [0, 0.05) is 11.8 Å². The van der Waals surface area contributed by atoms with Crippen molar-refractivity contribution >= 4 is 27.5 Å². The molecule has 0 fully saturated rings. The molecule has 2 rings (SSSR count). The average molecular weight is 378 g/mol. The fraction of sp³-hybridized carbons (Fsp3) is 0.278. The van der Waals surface area contributed by atoms with Crippen LogP contribution < -0.4 is 14.8 Å². The van der Waals surface area contributed by atoms with Gasteiger partial charge in [-0.3, -0.25) is 4.79 Å². The summed E-state index contributed by atoms with van der Waals surface area (Å²) in [6.07, 6.45) is 0. The molecule has 0 aliphatic rings. The molecule has 2 aromatic carbocycles. The molecule has 0 aromatic heterocycles. The number of carbonyl (C=O) groups is 1. The number of rotatable bonds is 6. The Morgan fingerprint density at radius 1 is 1.22 bits per heavy atom. The predicted molar refractivity (Wildman–Crippen MR) is 95.3 cm³/mol. The normalized spacial score (nSPS) is 10.5. The lowest BCUT2D eigenvalue weighted by molar-refractivity contribution is -0.118. The molecule has 23 heavy (non-hydrogen) atoms. The van der Waals surface area contributed by atoms with E-state index in [1.165, 1.54) is 5.56 Å². The maximum absolute atomic E-state index is 12.0. The van der Waals surface area contributed by atoms with Crippen LogP contribution in [0.5, 0.6) is 11.5 Å². The van der Waals surface area contributed by atoms with Gasteiger partial charge in [-0.2, -0.15) is 0 Å². The molecule has 4 nitrogen and oxygen atoms in total. The predicted octanol–water partition coefficient (Wildman–Crippen LogP) is 4.60. The summed E-state index contributed by atoms with van der Waals surface area (Å²) < 4.78 is 11.5. The number of amides is 1. The zero-order valence-corrected chi connectivity index (χ0v) is 15.0. The Morgan fingerprint density at radius 2 is 2.00 bits per heavy atom. The van der Waals surface area contributed by atoms with Crippen LogP contribution in [0.3, 0.4) is 0 Å². The largest absolute Gasteiger partial charge is 0.497 e. The van der Waals surface area contributed by atoms with Crippen LogP contribution in [0.25, 0.3) is 0 Å². The van der Waals surface area contributed by atoms with Crippen LogP contribution in [0, 0.1) is 0 Å². The molecule has 1 amide bonds. The molecule has 5 heteroatoms. The first-order valence-corrected chi connectivity index (χ1v) is 8.15. The van der Waals surface area contributed by atoms with E-state index in [2.05, 4.69) is 35.1 Å². The SMILES string of the molecule is COc1cccc(NC(=O)COc2ccc(C(C)C)cc2Br)c1. The molecule has 122 valence electrons. The number of nitrogens with one attached hydrogen (secondary N) is 1. The minimum atomic E-state index is -0.224. The Hall–Kier alpha value is -2.01. The third-order valence-electron chi connectivity index (χ3n) is 3.33. The van der Waals surface area contributed by atoms with Crippen LogP contribution >= 0.6 is 15.9 Å². The lowest BCUT2D eigenvalue weighted by atomic mass is 10.0. The molecule has 0 saturated heterocycles. The molecule has 0 bridgehead atoms. The van der Waals surface area contributed by atoms with Gasteiger partial charge in [0.1, 0.15) is 11.5 Å². The molecule has 0 unspecified atom stereocenters. The third kappa shape index (κ3) is 4.99. The quantitative estimate of drug-likeness (QED) is 0.799. The summed E-state index contributed by atoms with van der Waals surface area (Å²) in [4.78, 5) is 12.0. The average Bonchev–Trinajstić information content (AvgIpc) is 2.53. The fourth-order valence-electron chi connectivity index (χ4n) is 2.03. The number of anilines is 1. The highest BCUT2D eigenvalue weighted by Crippen LogP contribution is 2.28. The van der Waals surface area contributed by atoms with Gasteiger partial charge in [-0.05, 0) is 51.7 Å². The molecule has 0 aliphatic heterocycles.